The molecular weight excluding hydrogens is 348 g/mol. The van der Waals surface area contributed by atoms with Crippen LogP contribution in [0.2, 0.25) is 0 Å². The Kier molecular flexibility index (Phi) is 3.55. The fraction of sp³-hybridized carbons (Fsp3) is 0.368. The zero-order valence-electron chi connectivity index (χ0n) is 14.3. The zero-order valence-corrected chi connectivity index (χ0v) is 15.1. The van der Waals surface area contributed by atoms with E-state index in [0.29, 0.717) is 18.8 Å². The van der Waals surface area contributed by atoms with Crippen LogP contribution in [0.1, 0.15) is 33.9 Å². The van der Waals surface area contributed by atoms with Gasteiger partial charge in [0.1, 0.15) is 5.69 Å². The van der Waals surface area contributed by atoms with Crippen LogP contribution in [0.3, 0.4) is 0 Å². The Hall–Kier alpha value is -2.38. The summed E-state index contributed by atoms with van der Waals surface area (Å²) >= 11 is 1.60. The molecule has 1 saturated carbocycles. The summed E-state index contributed by atoms with van der Waals surface area (Å²) in [5.74, 6) is 0.0313. The number of aromatic amines is 1. The van der Waals surface area contributed by atoms with Crippen molar-refractivity contribution in [1.82, 2.24) is 14.9 Å². The number of benzene rings is 1. The van der Waals surface area contributed by atoms with Crippen LogP contribution in [0.4, 0.5) is 5.13 Å². The lowest BCUT2D eigenvalue weighted by Crippen LogP contribution is -2.35. The van der Waals surface area contributed by atoms with Gasteiger partial charge in [0.25, 0.3) is 5.91 Å². The Balaban J connectivity index is 1.35. The first-order valence-electron chi connectivity index (χ1n) is 8.90. The van der Waals surface area contributed by atoms with Crippen LogP contribution in [0.25, 0.3) is 10.9 Å². The zero-order chi connectivity index (χ0) is 17.7. The predicted octanol–water partition coefficient (Wildman–Crippen LogP) is 2.76. The smallest absolute Gasteiger partial charge is 0.270 e. The monoisotopic (exact) mass is 368 g/mol. The van der Waals surface area contributed by atoms with Crippen LogP contribution >= 0.6 is 11.3 Å². The van der Waals surface area contributed by atoms with E-state index >= 15 is 0 Å². The second-order valence-electron chi connectivity index (χ2n) is 7.20. The molecule has 2 aromatic heterocycles. The highest BCUT2D eigenvalue weighted by atomic mass is 32.1. The van der Waals surface area contributed by atoms with Crippen LogP contribution in [0.5, 0.6) is 0 Å². The van der Waals surface area contributed by atoms with Crippen molar-refractivity contribution in [3.63, 3.8) is 0 Å². The maximum atomic E-state index is 12.9. The molecule has 5 rings (SSSR count). The normalized spacial score (nSPS) is 18.0. The lowest BCUT2D eigenvalue weighted by Gasteiger charge is -2.25. The van der Waals surface area contributed by atoms with Crippen molar-refractivity contribution in [2.24, 2.45) is 0 Å². The van der Waals surface area contributed by atoms with E-state index < -0.39 is 0 Å². The van der Waals surface area contributed by atoms with Crippen molar-refractivity contribution in [2.75, 3.05) is 18.5 Å². The van der Waals surface area contributed by atoms with Gasteiger partial charge in [0.05, 0.1) is 24.4 Å². The molecule has 2 aliphatic rings. The van der Waals surface area contributed by atoms with Crippen molar-refractivity contribution in [3.05, 3.63) is 46.6 Å². The van der Waals surface area contributed by atoms with E-state index in [4.69, 9.17) is 0 Å². The average molecular weight is 368 g/mol. The summed E-state index contributed by atoms with van der Waals surface area (Å²) in [5, 5.41) is 14.8. The number of hydrogen-bond acceptors (Lipinski definition) is 5. The van der Waals surface area contributed by atoms with Gasteiger partial charge < -0.3 is 20.3 Å². The van der Waals surface area contributed by atoms with E-state index in [0.717, 1.165) is 45.9 Å². The van der Waals surface area contributed by atoms with Gasteiger partial charge in [-0.05, 0) is 25.0 Å². The van der Waals surface area contributed by atoms with Crippen LogP contribution < -0.4 is 5.32 Å². The van der Waals surface area contributed by atoms with Gasteiger partial charge in [-0.3, -0.25) is 4.79 Å². The number of amides is 1. The third kappa shape index (κ3) is 2.68. The molecule has 3 N–H and O–H groups in total. The number of aliphatic hydroxyl groups excluding tert-OH is 1. The summed E-state index contributed by atoms with van der Waals surface area (Å²) in [7, 11) is 0. The van der Waals surface area contributed by atoms with E-state index in [-0.39, 0.29) is 18.1 Å². The summed E-state index contributed by atoms with van der Waals surface area (Å²) in [6, 6.07) is 9.85. The third-order valence-electron chi connectivity index (χ3n) is 5.31. The summed E-state index contributed by atoms with van der Waals surface area (Å²) in [5.41, 5.74) is 2.53. The molecule has 3 heterocycles. The number of nitrogens with one attached hydrogen (secondary N) is 2. The molecule has 0 radical (unpaired) electrons. The number of aromatic nitrogens is 2. The molecule has 0 saturated heterocycles. The van der Waals surface area contributed by atoms with Gasteiger partial charge in [-0.25, -0.2) is 4.98 Å². The molecule has 0 bridgehead atoms. The number of aliphatic hydroxyl groups is 1. The number of nitrogens with zero attached hydrogens (tertiary/aromatic N) is 2. The van der Waals surface area contributed by atoms with Gasteiger partial charge in [0.15, 0.2) is 5.13 Å². The second-order valence-corrected chi connectivity index (χ2v) is 8.28. The highest BCUT2D eigenvalue weighted by Gasteiger charge is 2.43. The highest BCUT2D eigenvalue weighted by Crippen LogP contribution is 2.40. The fourth-order valence-electron chi connectivity index (χ4n) is 3.48. The largest absolute Gasteiger partial charge is 0.394 e. The van der Waals surface area contributed by atoms with Gasteiger partial charge >= 0.3 is 0 Å². The molecule has 0 atom stereocenters. The van der Waals surface area contributed by atoms with Crippen molar-refractivity contribution >= 4 is 33.3 Å². The van der Waals surface area contributed by atoms with E-state index in [1.54, 1.807) is 11.3 Å². The Morgan fingerprint density at radius 3 is 3.00 bits per heavy atom. The Morgan fingerprint density at radius 2 is 2.23 bits per heavy atom. The van der Waals surface area contributed by atoms with E-state index in [2.05, 4.69) is 15.3 Å². The van der Waals surface area contributed by atoms with Gasteiger partial charge in [-0.2, -0.15) is 0 Å². The maximum Gasteiger partial charge on any atom is 0.270 e. The number of hydrogen-bond donors (Lipinski definition) is 3. The standard InChI is InChI=1S/C19H20N4O2S/c24-11-19(6-7-19)22-18-21-14-5-8-23(10-16(14)26-18)17(25)15-9-12-3-1-2-4-13(12)20-15/h1-4,9,20,24H,5-8,10-11H2,(H,21,22). The van der Waals surface area contributed by atoms with Crippen LogP contribution in [-0.4, -0.2) is 44.6 Å². The van der Waals surface area contributed by atoms with Crippen molar-refractivity contribution in [3.8, 4) is 0 Å². The van der Waals surface area contributed by atoms with E-state index in [1.807, 2.05) is 35.2 Å². The second kappa shape index (κ2) is 5.82. The SMILES string of the molecule is O=C(c1cc2ccccc2[nH]1)N1CCc2nc(NC3(CO)CC3)sc2C1. The maximum absolute atomic E-state index is 12.9. The number of thiazole rings is 1. The quantitative estimate of drug-likeness (QED) is 0.661. The number of carbonyl (C=O) groups is 1. The molecule has 0 unspecified atom stereocenters. The molecule has 134 valence electrons. The molecule has 26 heavy (non-hydrogen) atoms. The molecule has 7 heteroatoms. The first-order chi connectivity index (χ1) is 12.7. The Bertz CT molecular complexity index is 956. The minimum Gasteiger partial charge on any atom is -0.394 e. The number of para-hydroxylation sites is 1. The molecule has 3 aromatic rings. The lowest BCUT2D eigenvalue weighted by atomic mass is 10.1. The first kappa shape index (κ1) is 15.8. The highest BCUT2D eigenvalue weighted by molar-refractivity contribution is 7.15. The van der Waals surface area contributed by atoms with Gasteiger partial charge in [0.2, 0.25) is 0 Å². The van der Waals surface area contributed by atoms with Crippen molar-refractivity contribution in [2.45, 2.75) is 31.3 Å². The number of anilines is 1. The number of rotatable bonds is 4. The predicted molar refractivity (Wildman–Crippen MR) is 102 cm³/mol. The van der Waals surface area contributed by atoms with Crippen LogP contribution in [0, 0.1) is 0 Å². The molecule has 1 amide bonds. The minimum atomic E-state index is -0.166. The van der Waals surface area contributed by atoms with Crippen LogP contribution in [-0.2, 0) is 13.0 Å². The summed E-state index contributed by atoms with van der Waals surface area (Å²) in [4.78, 5) is 23.8. The molecule has 6 nitrogen and oxygen atoms in total. The topological polar surface area (TPSA) is 81.2 Å². The third-order valence-corrected chi connectivity index (χ3v) is 6.30. The Morgan fingerprint density at radius 1 is 1.38 bits per heavy atom. The average Bonchev–Trinajstić information content (AvgIpc) is 3.13. The summed E-state index contributed by atoms with van der Waals surface area (Å²) in [6.07, 6.45) is 2.74. The van der Waals surface area contributed by atoms with Crippen molar-refractivity contribution in [1.29, 1.82) is 0 Å². The molecule has 1 aliphatic carbocycles. The summed E-state index contributed by atoms with van der Waals surface area (Å²) < 4.78 is 0. The molecule has 1 aliphatic heterocycles. The molecule has 0 spiro atoms. The Labute approximate surface area is 154 Å². The molecule has 1 aromatic carbocycles. The number of fused-ring (bicyclic) bond motifs is 2. The number of carbonyl (C=O) groups excluding carboxylic acids is 1. The molecular formula is C19H20N4O2S. The summed E-state index contributed by atoms with van der Waals surface area (Å²) in [6.45, 7) is 1.41. The van der Waals surface area contributed by atoms with E-state index in [1.165, 1.54) is 0 Å². The fourth-order valence-corrected chi connectivity index (χ4v) is 4.62. The van der Waals surface area contributed by atoms with Crippen LogP contribution in [0.15, 0.2) is 30.3 Å². The first-order valence-corrected chi connectivity index (χ1v) is 9.72. The van der Waals surface area contributed by atoms with E-state index in [9.17, 15) is 9.90 Å². The minimum absolute atomic E-state index is 0.0313. The molecule has 1 fully saturated rings. The van der Waals surface area contributed by atoms with Crippen molar-refractivity contribution < 1.29 is 9.90 Å². The van der Waals surface area contributed by atoms with Gasteiger partial charge in [0, 0.05) is 28.7 Å². The van der Waals surface area contributed by atoms with Gasteiger partial charge in [-0.1, -0.05) is 29.5 Å². The number of H-pyrrole nitrogens is 1. The lowest BCUT2D eigenvalue weighted by molar-refractivity contribution is 0.0731. The van der Waals surface area contributed by atoms with Gasteiger partial charge in [-0.15, -0.1) is 0 Å².